The highest BCUT2D eigenvalue weighted by Crippen LogP contribution is 2.32. The minimum atomic E-state index is 0.211. The summed E-state index contributed by atoms with van der Waals surface area (Å²) < 4.78 is 0. The zero-order valence-corrected chi connectivity index (χ0v) is 8.85. The average Bonchev–Trinajstić information content (AvgIpc) is 2.73. The number of fused-ring (bicyclic) bond motifs is 1. The first-order chi connectivity index (χ1) is 7.84. The number of rotatable bonds is 1. The predicted octanol–water partition coefficient (Wildman–Crippen LogP) is 2.58. The lowest BCUT2D eigenvalue weighted by Crippen LogP contribution is -2.12. The minimum absolute atomic E-state index is 0.211. The number of aromatic hydroxyl groups is 1. The van der Waals surface area contributed by atoms with Crippen molar-refractivity contribution in [2.75, 3.05) is 0 Å². The summed E-state index contributed by atoms with van der Waals surface area (Å²) >= 11 is 0. The number of hydrogen-bond acceptors (Lipinski definition) is 2. The molecule has 0 fully saturated rings. The van der Waals surface area contributed by atoms with Gasteiger partial charge in [-0.3, -0.25) is 0 Å². The summed E-state index contributed by atoms with van der Waals surface area (Å²) in [5.41, 5.74) is 3.70. The van der Waals surface area contributed by atoms with Crippen molar-refractivity contribution in [2.24, 2.45) is 0 Å². The van der Waals surface area contributed by atoms with Crippen molar-refractivity contribution < 1.29 is 5.11 Å². The third-order valence-electron chi connectivity index (χ3n) is 3.07. The van der Waals surface area contributed by atoms with Gasteiger partial charge in [-0.2, -0.15) is 0 Å². The lowest BCUT2D eigenvalue weighted by atomic mass is 9.98. The molecule has 2 aromatic carbocycles. The largest absolute Gasteiger partial charge is 0.508 e. The lowest BCUT2D eigenvalue weighted by molar-refractivity contribution is 0.474. The molecule has 0 radical (unpaired) electrons. The van der Waals surface area contributed by atoms with Gasteiger partial charge >= 0.3 is 0 Å². The molecule has 1 heterocycles. The van der Waals surface area contributed by atoms with Crippen LogP contribution in [0.3, 0.4) is 0 Å². The highest BCUT2D eigenvalue weighted by atomic mass is 16.3. The molecule has 1 atom stereocenters. The molecule has 2 nitrogen and oxygen atoms in total. The van der Waals surface area contributed by atoms with Crippen LogP contribution >= 0.6 is 0 Å². The Bertz CT molecular complexity index is 507. The van der Waals surface area contributed by atoms with Crippen LogP contribution in [0.1, 0.15) is 22.7 Å². The van der Waals surface area contributed by atoms with Crippen molar-refractivity contribution in [1.82, 2.24) is 5.32 Å². The van der Waals surface area contributed by atoms with Crippen molar-refractivity contribution in [2.45, 2.75) is 12.6 Å². The van der Waals surface area contributed by atoms with E-state index in [9.17, 15) is 5.11 Å². The lowest BCUT2D eigenvalue weighted by Gasteiger charge is -2.12. The summed E-state index contributed by atoms with van der Waals surface area (Å²) in [5.74, 6) is 0.336. The van der Waals surface area contributed by atoms with Crippen LogP contribution in [0.2, 0.25) is 0 Å². The second kappa shape index (κ2) is 3.65. The maximum Gasteiger partial charge on any atom is 0.115 e. The highest BCUT2D eigenvalue weighted by Gasteiger charge is 2.23. The van der Waals surface area contributed by atoms with Crippen LogP contribution in [-0.2, 0) is 6.54 Å². The fourth-order valence-corrected chi connectivity index (χ4v) is 2.28. The van der Waals surface area contributed by atoms with Gasteiger partial charge in [0.1, 0.15) is 5.75 Å². The van der Waals surface area contributed by atoms with Crippen LogP contribution < -0.4 is 5.32 Å². The molecule has 0 aliphatic carbocycles. The molecule has 0 amide bonds. The predicted molar refractivity (Wildman–Crippen MR) is 63.2 cm³/mol. The molecule has 0 saturated carbocycles. The van der Waals surface area contributed by atoms with E-state index in [0.717, 1.165) is 6.54 Å². The van der Waals surface area contributed by atoms with Gasteiger partial charge in [0.15, 0.2) is 0 Å². The Morgan fingerprint density at radius 3 is 2.69 bits per heavy atom. The van der Waals surface area contributed by atoms with Gasteiger partial charge < -0.3 is 10.4 Å². The third kappa shape index (κ3) is 1.48. The van der Waals surface area contributed by atoms with E-state index in [1.807, 2.05) is 30.3 Å². The van der Waals surface area contributed by atoms with E-state index in [4.69, 9.17) is 0 Å². The Labute approximate surface area is 94.6 Å². The molecule has 0 aromatic heterocycles. The van der Waals surface area contributed by atoms with Gasteiger partial charge in [0.25, 0.3) is 0 Å². The highest BCUT2D eigenvalue weighted by molar-refractivity contribution is 5.44. The topological polar surface area (TPSA) is 32.3 Å². The molecule has 0 saturated heterocycles. The molecule has 3 rings (SSSR count). The third-order valence-corrected chi connectivity index (χ3v) is 3.07. The van der Waals surface area contributed by atoms with Crippen molar-refractivity contribution in [3.05, 3.63) is 65.2 Å². The second-order valence-corrected chi connectivity index (χ2v) is 4.11. The first-order valence-electron chi connectivity index (χ1n) is 5.45. The van der Waals surface area contributed by atoms with E-state index >= 15 is 0 Å². The van der Waals surface area contributed by atoms with E-state index in [1.165, 1.54) is 16.7 Å². The minimum Gasteiger partial charge on any atom is -0.508 e. The van der Waals surface area contributed by atoms with Crippen LogP contribution in [0.4, 0.5) is 0 Å². The summed E-state index contributed by atoms with van der Waals surface area (Å²) in [6.45, 7) is 0.870. The molecule has 0 bridgehead atoms. The Morgan fingerprint density at radius 2 is 1.88 bits per heavy atom. The van der Waals surface area contributed by atoms with Gasteiger partial charge in [0.2, 0.25) is 0 Å². The quantitative estimate of drug-likeness (QED) is 0.760. The average molecular weight is 211 g/mol. The van der Waals surface area contributed by atoms with Crippen molar-refractivity contribution in [3.8, 4) is 5.75 Å². The maximum atomic E-state index is 9.53. The second-order valence-electron chi connectivity index (χ2n) is 4.11. The number of benzene rings is 2. The smallest absolute Gasteiger partial charge is 0.115 e. The molecule has 16 heavy (non-hydrogen) atoms. The van der Waals surface area contributed by atoms with Crippen LogP contribution in [0.5, 0.6) is 5.75 Å². The van der Waals surface area contributed by atoms with Crippen molar-refractivity contribution in [3.63, 3.8) is 0 Å². The van der Waals surface area contributed by atoms with Crippen LogP contribution in [-0.4, -0.2) is 5.11 Å². The number of hydrogen-bond donors (Lipinski definition) is 2. The fourth-order valence-electron chi connectivity index (χ4n) is 2.28. The summed E-state index contributed by atoms with van der Waals surface area (Å²) in [7, 11) is 0. The molecule has 0 spiro atoms. The fraction of sp³-hybridized carbons (Fsp3) is 0.143. The molecule has 2 heteroatoms. The van der Waals surface area contributed by atoms with E-state index in [1.54, 1.807) is 6.07 Å². The molecule has 2 N–H and O–H groups in total. The monoisotopic (exact) mass is 211 g/mol. The Hall–Kier alpha value is -1.80. The van der Waals surface area contributed by atoms with Gasteiger partial charge in [0.05, 0.1) is 6.04 Å². The maximum absolute atomic E-state index is 9.53. The van der Waals surface area contributed by atoms with Gasteiger partial charge in [-0.15, -0.1) is 0 Å². The van der Waals surface area contributed by atoms with E-state index in [-0.39, 0.29) is 6.04 Å². The van der Waals surface area contributed by atoms with Crippen LogP contribution in [0.15, 0.2) is 48.5 Å². The molecule has 1 aliphatic heterocycles. The first kappa shape index (κ1) is 9.43. The Balaban J connectivity index is 2.06. The van der Waals surface area contributed by atoms with Crippen molar-refractivity contribution >= 4 is 0 Å². The molecular formula is C14H13NO. The zero-order valence-electron chi connectivity index (χ0n) is 8.85. The van der Waals surface area contributed by atoms with Crippen LogP contribution in [0, 0.1) is 0 Å². The number of nitrogens with one attached hydrogen (secondary N) is 1. The first-order valence-corrected chi connectivity index (χ1v) is 5.45. The molecule has 80 valence electrons. The van der Waals surface area contributed by atoms with Gasteiger partial charge in [-0.05, 0) is 28.8 Å². The number of phenolic OH excluding ortho intramolecular Hbond substituents is 1. The summed E-state index contributed by atoms with van der Waals surface area (Å²) in [4.78, 5) is 0. The SMILES string of the molecule is Oc1ccc2c(c1)C(c1ccccc1)NC2. The molecule has 2 aromatic rings. The van der Waals surface area contributed by atoms with Gasteiger partial charge in [-0.25, -0.2) is 0 Å². The van der Waals surface area contributed by atoms with Crippen LogP contribution in [0.25, 0.3) is 0 Å². The van der Waals surface area contributed by atoms with Gasteiger partial charge in [-0.1, -0.05) is 36.4 Å². The summed E-state index contributed by atoms with van der Waals surface area (Å²) in [6.07, 6.45) is 0. The Kier molecular flexibility index (Phi) is 2.15. The normalized spacial score (nSPS) is 18.4. The van der Waals surface area contributed by atoms with Crippen molar-refractivity contribution in [1.29, 1.82) is 0 Å². The van der Waals surface area contributed by atoms with E-state index in [0.29, 0.717) is 5.75 Å². The standard InChI is InChI=1S/C14H13NO/c16-12-7-6-11-9-15-14(13(11)8-12)10-4-2-1-3-5-10/h1-8,14-16H,9H2. The van der Waals surface area contributed by atoms with E-state index < -0.39 is 0 Å². The number of phenols is 1. The van der Waals surface area contributed by atoms with E-state index in [2.05, 4.69) is 17.4 Å². The summed E-state index contributed by atoms with van der Waals surface area (Å²) in [6, 6.07) is 16.1. The molecule has 1 aliphatic rings. The molecular weight excluding hydrogens is 198 g/mol. The Morgan fingerprint density at radius 1 is 1.06 bits per heavy atom. The zero-order chi connectivity index (χ0) is 11.0. The molecule has 1 unspecified atom stereocenters. The summed E-state index contributed by atoms with van der Waals surface area (Å²) in [5, 5.41) is 13.0. The van der Waals surface area contributed by atoms with Gasteiger partial charge in [0, 0.05) is 6.54 Å².